The van der Waals surface area contributed by atoms with Gasteiger partial charge in [0.25, 0.3) is 0 Å². The van der Waals surface area contributed by atoms with Crippen LogP contribution in [0.4, 0.5) is 0 Å². The van der Waals surface area contributed by atoms with E-state index in [1.807, 2.05) is 0 Å². The lowest BCUT2D eigenvalue weighted by atomic mass is 9.78. The van der Waals surface area contributed by atoms with Crippen LogP contribution in [0.15, 0.2) is 5.16 Å². The maximum absolute atomic E-state index is 12.7. The van der Waals surface area contributed by atoms with Crippen LogP contribution in [0.25, 0.3) is 0 Å². The predicted molar refractivity (Wildman–Crippen MR) is 80.7 cm³/mol. The van der Waals surface area contributed by atoms with Crippen LogP contribution in [-0.2, 0) is 4.79 Å². The van der Waals surface area contributed by atoms with E-state index in [0.717, 1.165) is 44.9 Å². The Kier molecular flexibility index (Phi) is 6.82. The lowest BCUT2D eigenvalue weighted by Crippen LogP contribution is -2.52. The number of hydrogen-bond donors (Lipinski definition) is 3. The molecule has 0 aliphatic heterocycles. The van der Waals surface area contributed by atoms with E-state index in [4.69, 9.17) is 10.9 Å². The van der Waals surface area contributed by atoms with Gasteiger partial charge in [0.05, 0.1) is 0 Å². The summed E-state index contributed by atoms with van der Waals surface area (Å²) in [7, 11) is 0. The monoisotopic (exact) mass is 283 g/mol. The molecule has 0 radical (unpaired) electrons. The highest BCUT2D eigenvalue weighted by Gasteiger charge is 2.43. The van der Waals surface area contributed by atoms with Gasteiger partial charge in [0, 0.05) is 6.04 Å². The van der Waals surface area contributed by atoms with Gasteiger partial charge in [-0.05, 0) is 25.7 Å². The minimum absolute atomic E-state index is 0.0602. The van der Waals surface area contributed by atoms with Crippen molar-refractivity contribution >= 4 is 11.7 Å². The minimum atomic E-state index is -0.813. The number of amides is 1. The summed E-state index contributed by atoms with van der Waals surface area (Å²) < 4.78 is 0. The molecule has 0 aromatic rings. The Morgan fingerprint density at radius 3 is 2.35 bits per heavy atom. The summed E-state index contributed by atoms with van der Waals surface area (Å²) in [4.78, 5) is 12.7. The maximum Gasteiger partial charge on any atom is 0.234 e. The Labute approximate surface area is 122 Å². The number of amidine groups is 1. The molecular formula is C15H29N3O2. The molecular weight excluding hydrogens is 254 g/mol. The fourth-order valence-electron chi connectivity index (χ4n) is 3.08. The molecule has 1 atom stereocenters. The molecule has 0 spiro atoms. The third-order valence-corrected chi connectivity index (χ3v) is 4.45. The van der Waals surface area contributed by atoms with Crippen LogP contribution in [0.2, 0.25) is 0 Å². The highest BCUT2D eigenvalue weighted by molar-refractivity contribution is 6.06. The molecule has 1 rings (SSSR count). The molecule has 0 aromatic carbocycles. The zero-order valence-corrected chi connectivity index (χ0v) is 12.8. The van der Waals surface area contributed by atoms with Crippen molar-refractivity contribution < 1.29 is 10.0 Å². The van der Waals surface area contributed by atoms with Gasteiger partial charge < -0.3 is 16.3 Å². The molecule has 1 aliphatic rings. The molecule has 4 N–H and O–H groups in total. The van der Waals surface area contributed by atoms with E-state index >= 15 is 0 Å². The van der Waals surface area contributed by atoms with Crippen molar-refractivity contribution in [1.29, 1.82) is 0 Å². The summed E-state index contributed by atoms with van der Waals surface area (Å²) in [6.07, 6.45) is 8.40. The molecule has 1 saturated carbocycles. The second-order valence-corrected chi connectivity index (χ2v) is 5.85. The van der Waals surface area contributed by atoms with Gasteiger partial charge in [-0.1, -0.05) is 51.1 Å². The third kappa shape index (κ3) is 3.87. The van der Waals surface area contributed by atoms with Crippen LogP contribution in [0.3, 0.4) is 0 Å². The Bertz CT molecular complexity index is 334. The Hall–Kier alpha value is -1.26. The topological polar surface area (TPSA) is 87.7 Å². The van der Waals surface area contributed by atoms with Gasteiger partial charge in [-0.15, -0.1) is 0 Å². The van der Waals surface area contributed by atoms with Crippen molar-refractivity contribution in [2.45, 2.75) is 77.7 Å². The SMILES string of the molecule is CCCC(CC)NC(=O)C1(C(N)=NO)CCCCCC1. The van der Waals surface area contributed by atoms with Gasteiger partial charge in [-0.3, -0.25) is 4.79 Å². The second-order valence-electron chi connectivity index (χ2n) is 5.85. The Morgan fingerprint density at radius 2 is 1.90 bits per heavy atom. The minimum Gasteiger partial charge on any atom is -0.409 e. The number of nitrogens with two attached hydrogens (primary N) is 1. The Morgan fingerprint density at radius 1 is 1.30 bits per heavy atom. The van der Waals surface area contributed by atoms with Gasteiger partial charge in [-0.2, -0.15) is 0 Å². The summed E-state index contributed by atoms with van der Waals surface area (Å²) in [5.74, 6) is 0.0123. The first-order chi connectivity index (χ1) is 9.60. The quantitative estimate of drug-likeness (QED) is 0.230. The largest absolute Gasteiger partial charge is 0.409 e. The van der Waals surface area contributed by atoms with Crippen LogP contribution in [0.1, 0.15) is 71.6 Å². The highest BCUT2D eigenvalue weighted by Crippen LogP contribution is 2.36. The van der Waals surface area contributed by atoms with Crippen molar-refractivity contribution in [2.75, 3.05) is 0 Å². The van der Waals surface area contributed by atoms with E-state index in [0.29, 0.717) is 12.8 Å². The fourth-order valence-corrected chi connectivity index (χ4v) is 3.08. The number of oxime groups is 1. The van der Waals surface area contributed by atoms with Crippen LogP contribution in [-0.4, -0.2) is 23.0 Å². The average molecular weight is 283 g/mol. The van der Waals surface area contributed by atoms with E-state index in [-0.39, 0.29) is 17.8 Å². The molecule has 5 heteroatoms. The molecule has 0 aromatic heterocycles. The molecule has 20 heavy (non-hydrogen) atoms. The molecule has 1 aliphatic carbocycles. The van der Waals surface area contributed by atoms with E-state index < -0.39 is 5.41 Å². The van der Waals surface area contributed by atoms with Gasteiger partial charge >= 0.3 is 0 Å². The first kappa shape index (κ1) is 16.8. The van der Waals surface area contributed by atoms with Gasteiger partial charge in [0.2, 0.25) is 5.91 Å². The molecule has 1 unspecified atom stereocenters. The summed E-state index contributed by atoms with van der Waals surface area (Å²) >= 11 is 0. The first-order valence-electron chi connectivity index (χ1n) is 7.89. The molecule has 5 nitrogen and oxygen atoms in total. The number of nitrogens with one attached hydrogen (secondary N) is 1. The number of rotatable bonds is 6. The van der Waals surface area contributed by atoms with Crippen molar-refractivity contribution in [3.05, 3.63) is 0 Å². The molecule has 116 valence electrons. The summed E-state index contributed by atoms with van der Waals surface area (Å²) in [5, 5.41) is 15.3. The molecule has 1 fully saturated rings. The number of hydrogen-bond acceptors (Lipinski definition) is 3. The summed E-state index contributed by atoms with van der Waals surface area (Å²) in [6, 6.07) is 0.180. The van der Waals surface area contributed by atoms with Crippen molar-refractivity contribution in [1.82, 2.24) is 5.32 Å². The van der Waals surface area contributed by atoms with E-state index in [2.05, 4.69) is 24.3 Å². The van der Waals surface area contributed by atoms with Crippen molar-refractivity contribution in [3.8, 4) is 0 Å². The number of carbonyl (C=O) groups is 1. The number of carbonyl (C=O) groups excluding carboxylic acids is 1. The lowest BCUT2D eigenvalue weighted by Gasteiger charge is -2.32. The average Bonchev–Trinajstić information content (AvgIpc) is 2.72. The van der Waals surface area contributed by atoms with Crippen LogP contribution in [0.5, 0.6) is 0 Å². The highest BCUT2D eigenvalue weighted by atomic mass is 16.4. The van der Waals surface area contributed by atoms with Gasteiger partial charge in [-0.25, -0.2) is 0 Å². The van der Waals surface area contributed by atoms with Gasteiger partial charge in [0.15, 0.2) is 5.84 Å². The normalized spacial score (nSPS) is 21.0. The fraction of sp³-hybridized carbons (Fsp3) is 0.867. The van der Waals surface area contributed by atoms with Crippen molar-refractivity contribution in [3.63, 3.8) is 0 Å². The zero-order chi connectivity index (χ0) is 15.0. The van der Waals surface area contributed by atoms with Gasteiger partial charge in [0.1, 0.15) is 5.41 Å². The number of nitrogens with zero attached hydrogens (tertiary/aromatic N) is 1. The van der Waals surface area contributed by atoms with E-state index in [1.165, 1.54) is 0 Å². The van der Waals surface area contributed by atoms with E-state index in [9.17, 15) is 4.79 Å². The standard InChI is InChI=1S/C15H29N3O2/c1-3-9-12(4-2)17-14(19)15(13(16)18-20)10-7-5-6-8-11-15/h12,20H,3-11H2,1-2H3,(H2,16,18)(H,17,19). The summed E-state index contributed by atoms with van der Waals surface area (Å²) in [6.45, 7) is 4.18. The molecule has 0 bridgehead atoms. The second kappa shape index (κ2) is 8.12. The van der Waals surface area contributed by atoms with Crippen LogP contribution < -0.4 is 11.1 Å². The first-order valence-corrected chi connectivity index (χ1v) is 7.89. The van der Waals surface area contributed by atoms with E-state index in [1.54, 1.807) is 0 Å². The molecule has 0 saturated heterocycles. The smallest absolute Gasteiger partial charge is 0.234 e. The molecule has 0 heterocycles. The van der Waals surface area contributed by atoms with Crippen LogP contribution in [0, 0.1) is 5.41 Å². The Balaban J connectivity index is 2.89. The zero-order valence-electron chi connectivity index (χ0n) is 12.8. The predicted octanol–water partition coefficient (Wildman–Crippen LogP) is 2.77. The van der Waals surface area contributed by atoms with Crippen molar-refractivity contribution in [2.24, 2.45) is 16.3 Å². The van der Waals surface area contributed by atoms with Crippen LogP contribution >= 0.6 is 0 Å². The third-order valence-electron chi connectivity index (χ3n) is 4.45. The lowest BCUT2D eigenvalue weighted by molar-refractivity contribution is -0.129. The molecule has 1 amide bonds. The summed E-state index contributed by atoms with van der Waals surface area (Å²) in [5.41, 5.74) is 5.07. The maximum atomic E-state index is 12.7.